The van der Waals surface area contributed by atoms with Gasteiger partial charge >= 0.3 is 0 Å². The summed E-state index contributed by atoms with van der Waals surface area (Å²) in [4.78, 5) is 22.1. The smallest absolute Gasteiger partial charge is 0.231 e. The first kappa shape index (κ1) is 11.7. The van der Waals surface area contributed by atoms with E-state index in [0.29, 0.717) is 10.7 Å². The minimum absolute atomic E-state index is 0.120. The molecule has 1 N–H and O–H groups in total. The highest BCUT2D eigenvalue weighted by molar-refractivity contribution is 6.34. The van der Waals surface area contributed by atoms with Crippen LogP contribution < -0.4 is 5.32 Å². The summed E-state index contributed by atoms with van der Waals surface area (Å²) >= 11 is 5.91. The number of aryl methyl sites for hydroxylation is 1. The fourth-order valence-corrected chi connectivity index (χ4v) is 1.47. The number of Topliss-reactive ketones (excluding diaryl/α,β-unsaturated/α-hetero) is 1. The van der Waals surface area contributed by atoms with Gasteiger partial charge in [0.2, 0.25) is 5.91 Å². The maximum atomic E-state index is 11.3. The molecule has 0 atom stereocenters. The third-order valence-corrected chi connectivity index (χ3v) is 2.21. The van der Waals surface area contributed by atoms with Crippen LogP contribution in [-0.2, 0) is 9.59 Å². The Kier molecular flexibility index (Phi) is 3.86. The van der Waals surface area contributed by atoms with E-state index in [1.165, 1.54) is 6.92 Å². The summed E-state index contributed by atoms with van der Waals surface area (Å²) in [6.45, 7) is 3.22. The molecule has 4 heteroatoms. The Bertz CT molecular complexity index is 381. The normalized spacial score (nSPS) is 9.80. The molecule has 0 radical (unpaired) electrons. The van der Waals surface area contributed by atoms with Crippen LogP contribution in [0.25, 0.3) is 0 Å². The molecule has 0 aliphatic heterocycles. The van der Waals surface area contributed by atoms with Gasteiger partial charge in [-0.1, -0.05) is 23.7 Å². The molecule has 0 bridgehead atoms. The van der Waals surface area contributed by atoms with Crippen LogP contribution >= 0.6 is 11.6 Å². The highest BCUT2D eigenvalue weighted by atomic mass is 35.5. The van der Waals surface area contributed by atoms with Crippen LogP contribution in [0, 0.1) is 6.92 Å². The molecule has 0 fully saturated rings. The summed E-state index contributed by atoms with van der Waals surface area (Å²) < 4.78 is 0. The zero-order valence-corrected chi connectivity index (χ0v) is 9.39. The van der Waals surface area contributed by atoms with Gasteiger partial charge < -0.3 is 5.32 Å². The van der Waals surface area contributed by atoms with Gasteiger partial charge in [0.1, 0.15) is 5.78 Å². The Balaban J connectivity index is 2.80. The van der Waals surface area contributed by atoms with Crippen LogP contribution in [0.5, 0.6) is 0 Å². The zero-order chi connectivity index (χ0) is 11.4. The number of para-hydroxylation sites is 1. The topological polar surface area (TPSA) is 46.2 Å². The summed E-state index contributed by atoms with van der Waals surface area (Å²) in [5.41, 5.74) is 1.45. The molecule has 1 aromatic carbocycles. The van der Waals surface area contributed by atoms with E-state index in [9.17, 15) is 9.59 Å². The molecular formula is C11H12ClNO2. The lowest BCUT2D eigenvalue weighted by atomic mass is 10.2. The van der Waals surface area contributed by atoms with Gasteiger partial charge in [0.25, 0.3) is 0 Å². The minimum atomic E-state index is -0.335. The van der Waals surface area contributed by atoms with E-state index in [0.717, 1.165) is 5.56 Å². The van der Waals surface area contributed by atoms with Gasteiger partial charge in [-0.25, -0.2) is 0 Å². The Morgan fingerprint density at radius 1 is 1.40 bits per heavy atom. The molecule has 15 heavy (non-hydrogen) atoms. The van der Waals surface area contributed by atoms with E-state index >= 15 is 0 Å². The van der Waals surface area contributed by atoms with E-state index in [1.54, 1.807) is 12.1 Å². The first-order chi connectivity index (χ1) is 7.00. The monoisotopic (exact) mass is 225 g/mol. The van der Waals surface area contributed by atoms with Gasteiger partial charge in [-0.15, -0.1) is 0 Å². The number of benzene rings is 1. The van der Waals surface area contributed by atoms with Gasteiger partial charge in [0.05, 0.1) is 17.1 Å². The molecule has 80 valence electrons. The average Bonchev–Trinajstić information content (AvgIpc) is 2.10. The van der Waals surface area contributed by atoms with Crippen LogP contribution in [-0.4, -0.2) is 11.7 Å². The third-order valence-electron chi connectivity index (χ3n) is 1.90. The summed E-state index contributed by atoms with van der Waals surface area (Å²) in [6, 6.07) is 5.34. The van der Waals surface area contributed by atoms with Crippen LogP contribution in [0.3, 0.4) is 0 Å². The van der Waals surface area contributed by atoms with Gasteiger partial charge in [0, 0.05) is 0 Å². The lowest BCUT2D eigenvalue weighted by molar-refractivity contribution is -0.124. The average molecular weight is 226 g/mol. The number of amides is 1. The van der Waals surface area contributed by atoms with E-state index in [-0.39, 0.29) is 18.1 Å². The number of halogens is 1. The summed E-state index contributed by atoms with van der Waals surface area (Å²) in [6.07, 6.45) is -0.120. The van der Waals surface area contributed by atoms with Crippen molar-refractivity contribution in [2.75, 3.05) is 5.32 Å². The molecule has 1 aromatic rings. The van der Waals surface area contributed by atoms with Crippen molar-refractivity contribution in [2.45, 2.75) is 20.3 Å². The molecule has 0 spiro atoms. The molecule has 0 aliphatic rings. The van der Waals surface area contributed by atoms with E-state index in [1.807, 2.05) is 13.0 Å². The summed E-state index contributed by atoms with van der Waals surface area (Å²) in [5.74, 6) is -0.504. The second-order valence-corrected chi connectivity index (χ2v) is 3.77. The number of carbonyl (C=O) groups is 2. The Morgan fingerprint density at radius 2 is 2.07 bits per heavy atom. The fourth-order valence-electron chi connectivity index (χ4n) is 1.20. The van der Waals surface area contributed by atoms with Gasteiger partial charge in [-0.2, -0.15) is 0 Å². The van der Waals surface area contributed by atoms with Crippen LogP contribution in [0.2, 0.25) is 5.02 Å². The fraction of sp³-hybridized carbons (Fsp3) is 0.273. The summed E-state index contributed by atoms with van der Waals surface area (Å²) in [5, 5.41) is 3.10. The van der Waals surface area contributed by atoms with Crippen LogP contribution in [0.4, 0.5) is 5.69 Å². The predicted molar refractivity (Wildman–Crippen MR) is 60.1 cm³/mol. The number of ketones is 1. The lowest BCUT2D eigenvalue weighted by Gasteiger charge is -2.09. The Labute approximate surface area is 93.4 Å². The van der Waals surface area contributed by atoms with Crippen LogP contribution in [0.15, 0.2) is 18.2 Å². The van der Waals surface area contributed by atoms with Gasteiger partial charge in [-0.05, 0) is 25.5 Å². The molecule has 0 unspecified atom stereocenters. The maximum Gasteiger partial charge on any atom is 0.231 e. The number of nitrogens with one attached hydrogen (secondary N) is 1. The molecule has 0 saturated heterocycles. The number of carbonyl (C=O) groups excluding carboxylic acids is 2. The lowest BCUT2D eigenvalue weighted by Crippen LogP contribution is -2.15. The number of hydrogen-bond acceptors (Lipinski definition) is 2. The quantitative estimate of drug-likeness (QED) is 0.804. The first-order valence-electron chi connectivity index (χ1n) is 4.55. The largest absolute Gasteiger partial charge is 0.324 e. The van der Waals surface area contributed by atoms with Crippen LogP contribution in [0.1, 0.15) is 18.9 Å². The number of hydrogen-bond donors (Lipinski definition) is 1. The molecule has 0 saturated carbocycles. The predicted octanol–water partition coefficient (Wildman–Crippen LogP) is 2.57. The second-order valence-electron chi connectivity index (χ2n) is 3.36. The van der Waals surface area contributed by atoms with Crippen molar-refractivity contribution in [3.05, 3.63) is 28.8 Å². The van der Waals surface area contributed by atoms with Crippen molar-refractivity contribution in [2.24, 2.45) is 0 Å². The maximum absolute atomic E-state index is 11.3. The van der Waals surface area contributed by atoms with E-state index in [2.05, 4.69) is 5.32 Å². The Hall–Kier alpha value is -1.35. The van der Waals surface area contributed by atoms with Gasteiger partial charge in [0.15, 0.2) is 0 Å². The Morgan fingerprint density at radius 3 is 2.60 bits per heavy atom. The van der Waals surface area contributed by atoms with Crippen molar-refractivity contribution in [3.8, 4) is 0 Å². The first-order valence-corrected chi connectivity index (χ1v) is 4.93. The molecule has 0 aliphatic carbocycles. The van der Waals surface area contributed by atoms with E-state index < -0.39 is 0 Å². The minimum Gasteiger partial charge on any atom is -0.324 e. The molecule has 1 amide bonds. The molecule has 1 rings (SSSR count). The molecule has 0 heterocycles. The molecular weight excluding hydrogens is 214 g/mol. The second kappa shape index (κ2) is 4.94. The summed E-state index contributed by atoms with van der Waals surface area (Å²) in [7, 11) is 0. The standard InChI is InChI=1S/C11H12ClNO2/c1-7-4-3-5-9(12)11(7)13-10(15)6-8(2)14/h3-5H,6H2,1-2H3,(H,13,15). The molecule has 3 nitrogen and oxygen atoms in total. The number of anilines is 1. The van der Waals surface area contributed by atoms with E-state index in [4.69, 9.17) is 11.6 Å². The van der Waals surface area contributed by atoms with Gasteiger partial charge in [-0.3, -0.25) is 9.59 Å². The van der Waals surface area contributed by atoms with Crippen molar-refractivity contribution >= 4 is 29.0 Å². The number of rotatable bonds is 3. The highest BCUT2D eigenvalue weighted by Crippen LogP contribution is 2.25. The third kappa shape index (κ3) is 3.36. The molecule has 0 aromatic heterocycles. The van der Waals surface area contributed by atoms with Crippen molar-refractivity contribution in [1.82, 2.24) is 0 Å². The highest BCUT2D eigenvalue weighted by Gasteiger charge is 2.09. The van der Waals surface area contributed by atoms with Crippen molar-refractivity contribution in [1.29, 1.82) is 0 Å². The van der Waals surface area contributed by atoms with Crippen molar-refractivity contribution < 1.29 is 9.59 Å². The zero-order valence-electron chi connectivity index (χ0n) is 8.63. The van der Waals surface area contributed by atoms with Crippen molar-refractivity contribution in [3.63, 3.8) is 0 Å². The SMILES string of the molecule is CC(=O)CC(=O)Nc1c(C)cccc1Cl.